The van der Waals surface area contributed by atoms with Gasteiger partial charge >= 0.3 is 0 Å². The van der Waals surface area contributed by atoms with E-state index in [1.165, 1.54) is 49.8 Å². The molecule has 46 heavy (non-hydrogen) atoms. The van der Waals surface area contributed by atoms with Gasteiger partial charge in [-0.15, -0.1) is 0 Å². The summed E-state index contributed by atoms with van der Waals surface area (Å²) in [6.07, 6.45) is 18.1. The van der Waals surface area contributed by atoms with Gasteiger partial charge in [-0.05, 0) is 85.0 Å². The Balaban J connectivity index is 1.16. The number of hydrogen-bond donors (Lipinski definition) is 0. The molecule has 10 rings (SSSR count). The van der Waals surface area contributed by atoms with Crippen LogP contribution >= 0.6 is 0 Å². The zero-order valence-corrected chi connectivity index (χ0v) is 25.0. The molecule has 0 N–H and O–H groups in total. The number of hydrogen-bond acceptors (Lipinski definition) is 3. The first-order chi connectivity index (χ1) is 22.8. The van der Waals surface area contributed by atoms with Gasteiger partial charge in [-0.25, -0.2) is 9.97 Å². The van der Waals surface area contributed by atoms with E-state index in [0.29, 0.717) is 5.58 Å². The number of nitrogens with zero attached hydrogens (tertiary/aromatic N) is 4. The summed E-state index contributed by atoms with van der Waals surface area (Å²) in [6.45, 7) is 0. The van der Waals surface area contributed by atoms with E-state index in [1.807, 2.05) is 18.2 Å². The summed E-state index contributed by atoms with van der Waals surface area (Å²) < 4.78 is 11.1. The summed E-state index contributed by atoms with van der Waals surface area (Å²) in [5.74, 6) is 0.756. The maximum absolute atomic E-state index is 6.38. The van der Waals surface area contributed by atoms with Crippen molar-refractivity contribution in [1.29, 1.82) is 0 Å². The van der Waals surface area contributed by atoms with E-state index < -0.39 is 0 Å². The molecule has 0 fully saturated rings. The van der Waals surface area contributed by atoms with Crippen LogP contribution in [0.4, 0.5) is 0 Å². The van der Waals surface area contributed by atoms with Gasteiger partial charge in [0.15, 0.2) is 11.4 Å². The normalized spacial score (nSPS) is 14.8. The fraction of sp³-hybridized carbons (Fsp3) is 0.0732. The molecule has 0 saturated heterocycles. The molecule has 0 amide bonds. The highest BCUT2D eigenvalue weighted by molar-refractivity contribution is 6.12. The number of rotatable bonds is 3. The molecule has 5 heteroatoms. The Kier molecular flexibility index (Phi) is 5.40. The summed E-state index contributed by atoms with van der Waals surface area (Å²) in [7, 11) is 0. The predicted molar refractivity (Wildman–Crippen MR) is 189 cm³/mol. The minimum Gasteiger partial charge on any atom is -0.450 e. The second-order valence-electron chi connectivity index (χ2n) is 12.1. The lowest BCUT2D eigenvalue weighted by molar-refractivity contribution is 0.662. The molecule has 0 aliphatic heterocycles. The second kappa shape index (κ2) is 9.78. The summed E-state index contributed by atoms with van der Waals surface area (Å²) in [5, 5.41) is 4.69. The van der Waals surface area contributed by atoms with Gasteiger partial charge in [0.05, 0.1) is 16.6 Å². The van der Waals surface area contributed by atoms with Crippen LogP contribution in [0.3, 0.4) is 0 Å². The molecule has 0 saturated carbocycles. The van der Waals surface area contributed by atoms with E-state index in [9.17, 15) is 0 Å². The molecule has 0 bridgehead atoms. The topological polar surface area (TPSA) is 48.8 Å². The zero-order chi connectivity index (χ0) is 30.2. The molecule has 218 valence electrons. The van der Waals surface area contributed by atoms with Crippen molar-refractivity contribution in [3.63, 3.8) is 0 Å². The van der Waals surface area contributed by atoms with E-state index in [4.69, 9.17) is 9.40 Å². The van der Waals surface area contributed by atoms with Crippen LogP contribution in [0.5, 0.6) is 0 Å². The quantitative estimate of drug-likeness (QED) is 0.205. The van der Waals surface area contributed by atoms with Crippen molar-refractivity contribution < 1.29 is 4.42 Å². The third kappa shape index (κ3) is 3.63. The molecule has 4 aromatic heterocycles. The maximum Gasteiger partial charge on any atom is 0.197 e. The standard InChI is InChI=1S/C41H28N4O/c1-2-4-12-28(11-3-1)44-34-16-8-5-13-29(34)32-23-26(19-21-36(32)44)27-20-22-37-33(24-27)30-14-6-9-17-35(30)45(37)41-40-39(42-25-43-41)31-15-7-10-18-38(31)46-40/h1,3-18,20,22-25H,2,19,21H2. The average Bonchev–Trinajstić information content (AvgIpc) is 3.67. The van der Waals surface area contributed by atoms with Crippen LogP contribution < -0.4 is 0 Å². The van der Waals surface area contributed by atoms with Crippen LogP contribution in [0.2, 0.25) is 0 Å². The van der Waals surface area contributed by atoms with Crippen molar-refractivity contribution in [1.82, 2.24) is 19.1 Å². The van der Waals surface area contributed by atoms with Gasteiger partial charge in [0, 0.05) is 38.5 Å². The highest BCUT2D eigenvalue weighted by Crippen LogP contribution is 2.41. The van der Waals surface area contributed by atoms with E-state index >= 15 is 0 Å². The molecule has 4 aromatic carbocycles. The average molecular weight is 593 g/mol. The predicted octanol–water partition coefficient (Wildman–Crippen LogP) is 10.3. The number of para-hydroxylation sites is 3. The highest BCUT2D eigenvalue weighted by atomic mass is 16.3. The van der Waals surface area contributed by atoms with Gasteiger partial charge in [-0.2, -0.15) is 0 Å². The Bertz CT molecular complexity index is 2670. The molecule has 0 unspecified atom stereocenters. The van der Waals surface area contributed by atoms with Gasteiger partial charge in [0.1, 0.15) is 17.4 Å². The zero-order valence-electron chi connectivity index (χ0n) is 25.0. The molecular formula is C41H28N4O. The number of allylic oxidation sites excluding steroid dienone is 7. The number of furan rings is 1. The molecule has 0 atom stereocenters. The van der Waals surface area contributed by atoms with Crippen LogP contribution in [0.25, 0.3) is 77.9 Å². The summed E-state index contributed by atoms with van der Waals surface area (Å²) in [4.78, 5) is 9.40. The first-order valence-electron chi connectivity index (χ1n) is 15.9. The van der Waals surface area contributed by atoms with E-state index in [1.54, 1.807) is 6.33 Å². The summed E-state index contributed by atoms with van der Waals surface area (Å²) in [5.41, 5.74) is 12.3. The first kappa shape index (κ1) is 25.4. The van der Waals surface area contributed by atoms with Crippen molar-refractivity contribution in [2.45, 2.75) is 19.3 Å². The van der Waals surface area contributed by atoms with Crippen LogP contribution in [0.15, 0.2) is 132 Å². The van der Waals surface area contributed by atoms with Crippen molar-refractivity contribution in [3.8, 4) is 5.82 Å². The van der Waals surface area contributed by atoms with Crippen LogP contribution in [0, 0.1) is 0 Å². The van der Waals surface area contributed by atoms with E-state index in [-0.39, 0.29) is 0 Å². The smallest absolute Gasteiger partial charge is 0.197 e. The summed E-state index contributed by atoms with van der Waals surface area (Å²) in [6, 6.07) is 32.3. The lowest BCUT2D eigenvalue weighted by atomic mass is 9.90. The Morgan fingerprint density at radius 2 is 1.46 bits per heavy atom. The number of aromatic nitrogens is 4. The van der Waals surface area contributed by atoms with E-state index in [2.05, 4.69) is 123 Å². The molecule has 2 aliphatic carbocycles. The Morgan fingerprint density at radius 1 is 0.674 bits per heavy atom. The van der Waals surface area contributed by atoms with Crippen molar-refractivity contribution in [2.75, 3.05) is 0 Å². The molecule has 0 spiro atoms. The lowest BCUT2D eigenvalue weighted by Crippen LogP contribution is -2.05. The maximum atomic E-state index is 6.38. The molecule has 8 aromatic rings. The SMILES string of the molecule is C1=CCC=CC(n2c3c(c4ccccc42)C=C(c2ccc4c(c2)c2ccccc2n4-c2ncnc4c2oc2ccccc24)CC3)=C1. The highest BCUT2D eigenvalue weighted by Gasteiger charge is 2.24. The molecular weight excluding hydrogens is 564 g/mol. The number of benzene rings is 4. The monoisotopic (exact) mass is 592 g/mol. The second-order valence-corrected chi connectivity index (χ2v) is 12.1. The van der Waals surface area contributed by atoms with Gasteiger partial charge in [0.25, 0.3) is 0 Å². The minimum absolute atomic E-state index is 0.698. The van der Waals surface area contributed by atoms with Gasteiger partial charge in [0.2, 0.25) is 0 Å². The largest absolute Gasteiger partial charge is 0.450 e. The fourth-order valence-corrected chi connectivity index (χ4v) is 7.54. The lowest BCUT2D eigenvalue weighted by Gasteiger charge is -2.18. The first-order valence-corrected chi connectivity index (χ1v) is 15.9. The van der Waals surface area contributed by atoms with E-state index in [0.717, 1.165) is 52.6 Å². The third-order valence-corrected chi connectivity index (χ3v) is 9.58. The number of fused-ring (bicyclic) bond motifs is 9. The Morgan fingerprint density at radius 3 is 2.37 bits per heavy atom. The van der Waals surface area contributed by atoms with Crippen molar-refractivity contribution in [2.24, 2.45) is 0 Å². The molecule has 2 aliphatic rings. The fourth-order valence-electron chi connectivity index (χ4n) is 7.54. The van der Waals surface area contributed by atoms with Crippen LogP contribution in [-0.4, -0.2) is 19.1 Å². The molecule has 0 radical (unpaired) electrons. The van der Waals surface area contributed by atoms with Crippen LogP contribution in [0.1, 0.15) is 29.7 Å². The van der Waals surface area contributed by atoms with Gasteiger partial charge in [-0.1, -0.05) is 72.8 Å². The van der Waals surface area contributed by atoms with Crippen LogP contribution in [-0.2, 0) is 6.42 Å². The van der Waals surface area contributed by atoms with Gasteiger partial charge < -0.3 is 8.98 Å². The van der Waals surface area contributed by atoms with Crippen molar-refractivity contribution >= 4 is 72.1 Å². The minimum atomic E-state index is 0.698. The van der Waals surface area contributed by atoms with Crippen molar-refractivity contribution in [3.05, 3.63) is 145 Å². The molecule has 5 nitrogen and oxygen atoms in total. The van der Waals surface area contributed by atoms with Gasteiger partial charge in [-0.3, -0.25) is 4.57 Å². The molecule has 4 heterocycles. The Labute approximate surface area is 264 Å². The Hall–Kier alpha value is -5.94. The summed E-state index contributed by atoms with van der Waals surface area (Å²) >= 11 is 0. The third-order valence-electron chi connectivity index (χ3n) is 9.58.